The van der Waals surface area contributed by atoms with Crippen molar-refractivity contribution in [3.8, 4) is 22.4 Å². The summed E-state index contributed by atoms with van der Waals surface area (Å²) in [6.45, 7) is 4.24. The number of carbonyl (C=O) groups is 2. The van der Waals surface area contributed by atoms with Crippen molar-refractivity contribution in [3.05, 3.63) is 48.7 Å². The average molecular weight is 510 g/mol. The Labute approximate surface area is 210 Å². The Bertz CT molecular complexity index is 1380. The Morgan fingerprint density at radius 3 is 2.58 bits per heavy atom. The van der Waals surface area contributed by atoms with E-state index in [4.69, 9.17) is 4.74 Å². The lowest BCUT2D eigenvalue weighted by atomic mass is 10.0. The highest BCUT2D eigenvalue weighted by molar-refractivity contribution is 7.22. The lowest BCUT2D eigenvalue weighted by Crippen LogP contribution is -2.28. The molecule has 0 saturated heterocycles. The van der Waals surface area contributed by atoms with Gasteiger partial charge in [-0.2, -0.15) is 0 Å². The minimum atomic E-state index is -0.568. The second-order valence-electron chi connectivity index (χ2n) is 7.61. The molecule has 2 amide bonds. The molecule has 2 N–H and O–H groups in total. The molecule has 12 heteroatoms. The van der Waals surface area contributed by atoms with Gasteiger partial charge in [0.15, 0.2) is 10.9 Å². The molecule has 0 radical (unpaired) electrons. The second-order valence-corrected chi connectivity index (χ2v) is 8.61. The Kier molecular flexibility index (Phi) is 7.64. The smallest absolute Gasteiger partial charge is 0.325 e. The molecule has 0 spiro atoms. The zero-order valence-electron chi connectivity index (χ0n) is 19.9. The van der Waals surface area contributed by atoms with Crippen molar-refractivity contribution in [3.63, 3.8) is 0 Å². The zero-order chi connectivity index (χ0) is 25.7. The summed E-state index contributed by atoms with van der Waals surface area (Å²) in [5, 5.41) is 5.54. The molecule has 0 aliphatic carbocycles. The molecule has 0 saturated carbocycles. The normalized spacial score (nSPS) is 10.8. The van der Waals surface area contributed by atoms with Gasteiger partial charge in [0.05, 0.1) is 17.0 Å². The van der Waals surface area contributed by atoms with Crippen LogP contribution in [-0.2, 0) is 9.53 Å². The van der Waals surface area contributed by atoms with Crippen LogP contribution in [0.3, 0.4) is 0 Å². The van der Waals surface area contributed by atoms with E-state index in [9.17, 15) is 9.59 Å². The number of nitrogens with one attached hydrogen (secondary N) is 2. The minimum Gasteiger partial charge on any atom is -0.465 e. The molecule has 0 aliphatic rings. The molecule has 0 aliphatic heterocycles. The number of anilines is 2. The first-order valence-corrected chi connectivity index (χ1v) is 12.0. The van der Waals surface area contributed by atoms with Gasteiger partial charge in [-0.05, 0) is 32.0 Å². The second kappa shape index (κ2) is 11.0. The predicted molar refractivity (Wildman–Crippen MR) is 136 cm³/mol. The number of rotatable bonds is 8. The molecule has 10 nitrogen and oxygen atoms in total. The molecule has 0 fully saturated rings. The highest BCUT2D eigenvalue weighted by Gasteiger charge is 2.21. The van der Waals surface area contributed by atoms with E-state index in [2.05, 4.69) is 30.6 Å². The number of pyridine rings is 1. The number of fused-ring (bicyclic) bond motifs is 1. The molecule has 0 unspecified atom stereocenters. The number of thiazole rings is 1. The summed E-state index contributed by atoms with van der Waals surface area (Å²) >= 11 is 1.16. The van der Waals surface area contributed by atoms with Crippen molar-refractivity contribution in [2.24, 2.45) is 0 Å². The quantitative estimate of drug-likeness (QED) is 0.341. The molecule has 36 heavy (non-hydrogen) atoms. The molecule has 3 aromatic heterocycles. The number of hydrogen-bond donors (Lipinski definition) is 2. The van der Waals surface area contributed by atoms with E-state index < -0.39 is 17.8 Å². The first-order valence-electron chi connectivity index (χ1n) is 11.2. The molecular weight excluding hydrogens is 485 g/mol. The molecule has 1 aromatic carbocycles. The molecule has 4 rings (SSSR count). The highest BCUT2D eigenvalue weighted by atomic mass is 32.1. The number of ether oxygens (including phenoxy) is 1. The number of esters is 1. The molecule has 4 aromatic rings. The highest BCUT2D eigenvalue weighted by Crippen LogP contribution is 2.40. The largest absolute Gasteiger partial charge is 0.465 e. The Morgan fingerprint density at radius 1 is 1.14 bits per heavy atom. The summed E-state index contributed by atoms with van der Waals surface area (Å²) in [6.07, 6.45) is 4.61. The van der Waals surface area contributed by atoms with Crippen molar-refractivity contribution in [1.29, 1.82) is 0 Å². The third kappa shape index (κ3) is 5.38. The fraction of sp³-hybridized carbons (Fsp3) is 0.250. The number of aromatic nitrogens is 4. The Balaban J connectivity index is 1.75. The van der Waals surface area contributed by atoms with Crippen LogP contribution >= 0.6 is 11.3 Å². The first kappa shape index (κ1) is 24.9. The monoisotopic (exact) mass is 509 g/mol. The predicted octanol–water partition coefficient (Wildman–Crippen LogP) is 4.10. The van der Waals surface area contributed by atoms with Crippen molar-refractivity contribution < 1.29 is 18.7 Å². The summed E-state index contributed by atoms with van der Waals surface area (Å²) in [5.74, 6) is -0.675. The maximum absolute atomic E-state index is 15.7. The van der Waals surface area contributed by atoms with E-state index in [1.807, 2.05) is 12.1 Å². The molecular formula is C24H24FN7O3S. The van der Waals surface area contributed by atoms with E-state index in [1.54, 1.807) is 44.1 Å². The molecule has 186 valence electrons. The fourth-order valence-electron chi connectivity index (χ4n) is 3.46. The average Bonchev–Trinajstić information content (AvgIpc) is 3.29. The van der Waals surface area contributed by atoms with Crippen LogP contribution in [0.15, 0.2) is 42.9 Å². The van der Waals surface area contributed by atoms with Crippen molar-refractivity contribution in [2.75, 3.05) is 37.0 Å². The number of nitrogens with zero attached hydrogens (tertiary/aromatic N) is 5. The lowest BCUT2D eigenvalue weighted by molar-refractivity contribution is -0.141. The van der Waals surface area contributed by atoms with Crippen LogP contribution in [0.2, 0.25) is 0 Å². The third-order valence-electron chi connectivity index (χ3n) is 5.07. The van der Waals surface area contributed by atoms with E-state index in [1.165, 1.54) is 12.4 Å². The number of likely N-dealkylation sites (N-methyl/N-ethyl adjacent to an activating group) is 1. The van der Waals surface area contributed by atoms with Gasteiger partial charge in [0.25, 0.3) is 0 Å². The summed E-state index contributed by atoms with van der Waals surface area (Å²) in [7, 11) is 1.66. The van der Waals surface area contributed by atoms with Gasteiger partial charge >= 0.3 is 12.0 Å². The van der Waals surface area contributed by atoms with Gasteiger partial charge < -0.3 is 15.0 Å². The Morgan fingerprint density at radius 2 is 1.92 bits per heavy atom. The molecule has 0 bridgehead atoms. The van der Waals surface area contributed by atoms with Crippen LogP contribution < -0.4 is 15.5 Å². The topological polar surface area (TPSA) is 122 Å². The first-order chi connectivity index (χ1) is 17.4. The van der Waals surface area contributed by atoms with Crippen LogP contribution in [-0.4, -0.2) is 58.7 Å². The van der Waals surface area contributed by atoms with Crippen molar-refractivity contribution >= 4 is 44.6 Å². The van der Waals surface area contributed by atoms with Crippen LogP contribution in [0, 0.1) is 5.82 Å². The maximum Gasteiger partial charge on any atom is 0.325 e. The summed E-state index contributed by atoms with van der Waals surface area (Å²) in [4.78, 5) is 42.7. The van der Waals surface area contributed by atoms with Gasteiger partial charge in [0.1, 0.15) is 12.1 Å². The van der Waals surface area contributed by atoms with Crippen molar-refractivity contribution in [1.82, 2.24) is 25.3 Å². The van der Waals surface area contributed by atoms with Gasteiger partial charge in [-0.15, -0.1) is 0 Å². The van der Waals surface area contributed by atoms with Gasteiger partial charge in [-0.25, -0.2) is 24.1 Å². The molecule has 3 heterocycles. The van der Waals surface area contributed by atoms with E-state index >= 15 is 4.39 Å². The Hall–Kier alpha value is -4.19. The summed E-state index contributed by atoms with van der Waals surface area (Å²) < 4.78 is 21.2. The number of urea groups is 1. The zero-order valence-corrected chi connectivity index (χ0v) is 20.7. The van der Waals surface area contributed by atoms with E-state index in [0.717, 1.165) is 11.3 Å². The number of carbonyl (C=O) groups excluding carboxylic acids is 2. The van der Waals surface area contributed by atoms with Gasteiger partial charge in [-0.1, -0.05) is 17.4 Å². The number of halogens is 1. The van der Waals surface area contributed by atoms with Gasteiger partial charge in [0, 0.05) is 48.9 Å². The SMILES string of the molecule is CCNC(=O)Nc1nc2c(F)c(-c3cnc(N(C)CC(=O)OCC)nc3)cc(-c3ccccn3)c2s1. The van der Waals surface area contributed by atoms with Crippen LogP contribution in [0.25, 0.3) is 32.6 Å². The summed E-state index contributed by atoms with van der Waals surface area (Å²) in [6, 6.07) is 6.70. The summed E-state index contributed by atoms with van der Waals surface area (Å²) in [5.41, 5.74) is 2.05. The van der Waals surface area contributed by atoms with Crippen LogP contribution in [0.5, 0.6) is 0 Å². The van der Waals surface area contributed by atoms with Crippen LogP contribution in [0.1, 0.15) is 13.8 Å². The van der Waals surface area contributed by atoms with E-state index in [0.29, 0.717) is 34.0 Å². The van der Waals surface area contributed by atoms with Crippen LogP contribution in [0.4, 0.5) is 20.3 Å². The van der Waals surface area contributed by atoms with Crippen molar-refractivity contribution in [2.45, 2.75) is 13.8 Å². The number of amides is 2. The minimum absolute atomic E-state index is 0.0163. The molecule has 0 atom stereocenters. The lowest BCUT2D eigenvalue weighted by Gasteiger charge is -2.16. The van der Waals surface area contributed by atoms with E-state index in [-0.39, 0.29) is 29.4 Å². The van der Waals surface area contributed by atoms with Gasteiger partial charge in [-0.3, -0.25) is 15.1 Å². The number of benzene rings is 1. The fourth-order valence-corrected chi connectivity index (χ4v) is 4.44. The maximum atomic E-state index is 15.7. The standard InChI is InChI=1S/C24H24FN7O3S/c1-4-26-23(34)31-24-30-20-19(25)15(10-16(21(20)36-24)17-8-6-7-9-27-17)14-11-28-22(29-12-14)32(3)13-18(33)35-5-2/h6-12H,4-5,13H2,1-3H3,(H2,26,30,31,34). The third-order valence-corrected chi connectivity index (χ3v) is 6.07. The van der Waals surface area contributed by atoms with Gasteiger partial charge in [0.2, 0.25) is 5.95 Å². The number of hydrogen-bond acceptors (Lipinski definition) is 9.